The van der Waals surface area contributed by atoms with E-state index in [1.807, 2.05) is 29.3 Å². The van der Waals surface area contributed by atoms with Crippen LogP contribution in [-0.2, 0) is 34.2 Å². The first-order chi connectivity index (χ1) is 10.8. The van der Waals surface area contributed by atoms with E-state index in [9.17, 15) is 0 Å². The van der Waals surface area contributed by atoms with Gasteiger partial charge in [0, 0.05) is 25.0 Å². The van der Waals surface area contributed by atoms with Gasteiger partial charge in [-0.25, -0.2) is 0 Å². The van der Waals surface area contributed by atoms with E-state index in [0.717, 1.165) is 0 Å². The third-order valence-electron chi connectivity index (χ3n) is 3.24. The molecule has 0 saturated carbocycles. The third kappa shape index (κ3) is 8.89. The average Bonchev–Trinajstić information content (AvgIpc) is 2.78. The van der Waals surface area contributed by atoms with Gasteiger partial charge in [0.25, 0.3) is 0 Å². The summed E-state index contributed by atoms with van der Waals surface area (Å²) in [5.74, 6) is 0. The molecule has 1 radical (unpaired) electrons. The van der Waals surface area contributed by atoms with Crippen molar-refractivity contribution >= 4 is 11.8 Å². The molecule has 2 nitrogen and oxygen atoms in total. The predicted octanol–water partition coefficient (Wildman–Crippen LogP) is 1.48. The second kappa shape index (κ2) is 13.5. The maximum absolute atomic E-state index is 3.14. The van der Waals surface area contributed by atoms with Crippen LogP contribution in [0.4, 0.5) is 0 Å². The van der Waals surface area contributed by atoms with Gasteiger partial charge in [0.2, 0.25) is 6.33 Å². The van der Waals surface area contributed by atoms with Gasteiger partial charge >= 0.3 is 0 Å². The first kappa shape index (κ1) is 23.2. The third-order valence-corrected chi connectivity index (χ3v) is 4.34. The maximum atomic E-state index is 3.14. The quantitative estimate of drug-likeness (QED) is 0.319. The standard InChI is InChI=1S/C11H12N2S.C8H12.ClH.Ir/c1-12-8-11(13(2)9-12)14-10-6-4-3-5-7-10;1-2-4-6-8-7-5-3-1;;/h3-8H,1-2H3;1-2,7-8H,3-6H2;1H;/p-1/b;2-1-,8-7-;;. The Balaban J connectivity index is 0.000000460. The van der Waals surface area contributed by atoms with Crippen molar-refractivity contribution < 1.29 is 37.1 Å². The SMILES string of the molecule is C1=C\CC/C=C\CC/1.Cn1[c-][n+](C)c(Sc2ccccc2)c1.[Cl-].[Ir]. The van der Waals surface area contributed by atoms with E-state index in [0.29, 0.717) is 0 Å². The van der Waals surface area contributed by atoms with E-state index in [4.69, 9.17) is 0 Å². The molecule has 1 heterocycles. The van der Waals surface area contributed by atoms with Crippen molar-refractivity contribution in [1.82, 2.24) is 4.57 Å². The van der Waals surface area contributed by atoms with Gasteiger partial charge in [0.15, 0.2) is 0 Å². The van der Waals surface area contributed by atoms with Gasteiger partial charge in [-0.05, 0) is 44.0 Å². The molecule has 0 atom stereocenters. The number of hydrogen-bond acceptors (Lipinski definition) is 1. The molecule has 133 valence electrons. The van der Waals surface area contributed by atoms with Crippen LogP contribution in [0.3, 0.4) is 0 Å². The summed E-state index contributed by atoms with van der Waals surface area (Å²) in [7, 11) is 3.99. The summed E-state index contributed by atoms with van der Waals surface area (Å²) in [5.41, 5.74) is 0. The van der Waals surface area contributed by atoms with Crippen molar-refractivity contribution in [3.05, 3.63) is 67.2 Å². The Labute approximate surface area is 169 Å². The molecule has 1 aliphatic rings. The summed E-state index contributed by atoms with van der Waals surface area (Å²) in [6, 6.07) is 10.3. The van der Waals surface area contributed by atoms with Gasteiger partial charge in [0.1, 0.15) is 0 Å². The van der Waals surface area contributed by atoms with E-state index in [1.165, 1.54) is 35.6 Å². The fourth-order valence-electron chi connectivity index (χ4n) is 2.13. The van der Waals surface area contributed by atoms with Crippen LogP contribution in [0.2, 0.25) is 0 Å². The summed E-state index contributed by atoms with van der Waals surface area (Å²) < 4.78 is 3.93. The normalized spacial score (nSPS) is 15.4. The van der Waals surface area contributed by atoms with Crippen LogP contribution < -0.4 is 17.0 Å². The van der Waals surface area contributed by atoms with Crippen LogP contribution in [0.15, 0.2) is 70.8 Å². The number of hydrogen-bond donors (Lipinski definition) is 0. The molecule has 0 unspecified atom stereocenters. The van der Waals surface area contributed by atoms with E-state index < -0.39 is 0 Å². The molecule has 0 N–H and O–H groups in total. The molecular formula is C19H24ClIrN2S-. The molecule has 0 amide bonds. The summed E-state index contributed by atoms with van der Waals surface area (Å²) >= 11 is 1.75. The number of halogens is 1. The number of nitrogens with zero attached hydrogens (tertiary/aromatic N) is 2. The fourth-order valence-corrected chi connectivity index (χ4v) is 3.05. The van der Waals surface area contributed by atoms with Crippen LogP contribution in [0.1, 0.15) is 25.7 Å². The molecular weight excluding hydrogens is 516 g/mol. The van der Waals surface area contributed by atoms with Gasteiger partial charge in [-0.15, -0.1) is 11.8 Å². The van der Waals surface area contributed by atoms with Crippen molar-refractivity contribution in [3.63, 3.8) is 0 Å². The van der Waals surface area contributed by atoms with Gasteiger partial charge < -0.3 is 21.5 Å². The number of aromatic nitrogens is 2. The molecule has 0 aliphatic heterocycles. The second-order valence-electron chi connectivity index (χ2n) is 5.25. The monoisotopic (exact) mass is 540 g/mol. The van der Waals surface area contributed by atoms with Crippen molar-refractivity contribution in [2.24, 2.45) is 14.1 Å². The van der Waals surface area contributed by atoms with Gasteiger partial charge in [-0.2, -0.15) is 0 Å². The Morgan fingerprint density at radius 1 is 0.958 bits per heavy atom. The summed E-state index contributed by atoms with van der Waals surface area (Å²) in [6.07, 6.45) is 19.2. The molecule has 24 heavy (non-hydrogen) atoms. The Morgan fingerprint density at radius 2 is 1.46 bits per heavy atom. The van der Waals surface area contributed by atoms with Gasteiger partial charge in [-0.1, -0.05) is 42.5 Å². The van der Waals surface area contributed by atoms with Gasteiger partial charge in [-0.3, -0.25) is 0 Å². The number of aryl methyl sites for hydroxylation is 2. The first-order valence-electron chi connectivity index (χ1n) is 7.73. The average molecular weight is 540 g/mol. The number of benzene rings is 1. The van der Waals surface area contributed by atoms with E-state index in [1.54, 1.807) is 11.8 Å². The Bertz CT molecular complexity index is 598. The predicted molar refractivity (Wildman–Crippen MR) is 92.7 cm³/mol. The molecule has 1 aromatic heterocycles. The molecule has 0 fully saturated rings. The Kier molecular flexibility index (Phi) is 13.0. The largest absolute Gasteiger partial charge is 1.00 e. The first-order valence-corrected chi connectivity index (χ1v) is 8.55. The zero-order valence-electron chi connectivity index (χ0n) is 14.1. The summed E-state index contributed by atoms with van der Waals surface area (Å²) in [5, 5.41) is 1.19. The molecule has 2 aromatic rings. The van der Waals surface area contributed by atoms with E-state index >= 15 is 0 Å². The zero-order chi connectivity index (χ0) is 15.6. The van der Waals surface area contributed by atoms with E-state index in [2.05, 4.69) is 61.1 Å². The van der Waals surface area contributed by atoms with Crippen molar-refractivity contribution in [2.75, 3.05) is 0 Å². The number of rotatable bonds is 2. The van der Waals surface area contributed by atoms with Crippen LogP contribution in [0.25, 0.3) is 0 Å². The smallest absolute Gasteiger partial charge is 0.204 e. The minimum absolute atomic E-state index is 0. The van der Waals surface area contributed by atoms with Crippen LogP contribution >= 0.6 is 11.8 Å². The molecule has 1 aliphatic carbocycles. The maximum Gasteiger partial charge on any atom is 0.204 e. The number of allylic oxidation sites excluding steroid dienone is 4. The van der Waals surface area contributed by atoms with Crippen LogP contribution in [0.5, 0.6) is 0 Å². The second-order valence-corrected chi connectivity index (χ2v) is 6.34. The summed E-state index contributed by atoms with van der Waals surface area (Å²) in [6.45, 7) is 0. The minimum atomic E-state index is 0. The van der Waals surface area contributed by atoms with Crippen molar-refractivity contribution in [2.45, 2.75) is 35.6 Å². The molecule has 0 saturated heterocycles. The molecule has 3 rings (SSSR count). The fraction of sp³-hybridized carbons (Fsp3) is 0.316. The van der Waals surface area contributed by atoms with Crippen LogP contribution in [-0.4, -0.2) is 4.57 Å². The molecule has 1 aromatic carbocycles. The number of imidazole rings is 1. The van der Waals surface area contributed by atoms with E-state index in [-0.39, 0.29) is 32.5 Å². The van der Waals surface area contributed by atoms with Gasteiger partial charge in [0.05, 0.1) is 19.1 Å². The molecule has 5 heteroatoms. The molecule has 0 spiro atoms. The molecule has 0 bridgehead atoms. The Hall–Kier alpha value is -0.801. The van der Waals surface area contributed by atoms with Crippen LogP contribution in [0, 0.1) is 6.33 Å². The van der Waals surface area contributed by atoms with Crippen molar-refractivity contribution in [1.29, 1.82) is 0 Å². The summed E-state index contributed by atoms with van der Waals surface area (Å²) in [4.78, 5) is 1.25. The minimum Gasteiger partial charge on any atom is -1.00 e. The Morgan fingerprint density at radius 3 is 1.88 bits per heavy atom. The topological polar surface area (TPSA) is 8.81 Å². The zero-order valence-corrected chi connectivity index (χ0v) is 18.1. The van der Waals surface area contributed by atoms with Crippen molar-refractivity contribution in [3.8, 4) is 0 Å².